The predicted molar refractivity (Wildman–Crippen MR) is 141 cm³/mol. The maximum absolute atomic E-state index is 15.0. The van der Waals surface area contributed by atoms with Crippen molar-refractivity contribution in [3.05, 3.63) is 65.2 Å². The summed E-state index contributed by atoms with van der Waals surface area (Å²) in [7, 11) is 0. The fourth-order valence-electron chi connectivity index (χ4n) is 4.72. The molecule has 1 saturated heterocycles. The van der Waals surface area contributed by atoms with Gasteiger partial charge in [-0.2, -0.15) is 0 Å². The Labute approximate surface area is 214 Å². The Kier molecular flexibility index (Phi) is 10.5. The minimum atomic E-state index is -2.00. The van der Waals surface area contributed by atoms with Crippen LogP contribution in [0, 0.1) is 22.5 Å². The van der Waals surface area contributed by atoms with Gasteiger partial charge in [-0.1, -0.05) is 37.3 Å². The lowest BCUT2D eigenvalue weighted by atomic mass is 10.0. The summed E-state index contributed by atoms with van der Waals surface area (Å²) in [6, 6.07) is 11.7. The maximum Gasteiger partial charge on any atom is 0.160 e. The summed E-state index contributed by atoms with van der Waals surface area (Å²) in [6.07, 6.45) is 5.40. The molecule has 0 aromatic heterocycles. The molecular weight excluding hydrogens is 484 g/mol. The Morgan fingerprint density at radius 2 is 1.81 bits per heavy atom. The molecule has 4 N–H and O–H groups in total. The zero-order valence-electron chi connectivity index (χ0n) is 20.5. The van der Waals surface area contributed by atoms with Crippen LogP contribution in [0.25, 0.3) is 0 Å². The van der Waals surface area contributed by atoms with Crippen molar-refractivity contribution in [2.75, 3.05) is 18.0 Å². The fraction of sp³-hybridized carbons (Fsp3) is 0.462. The molecule has 0 spiro atoms. The highest BCUT2D eigenvalue weighted by atomic mass is 32.2. The number of nitrogens with one attached hydrogen (secondary N) is 3. The highest BCUT2D eigenvalue weighted by Gasteiger charge is 2.25. The first kappa shape index (κ1) is 27.9. The van der Waals surface area contributed by atoms with Gasteiger partial charge < -0.3 is 19.7 Å². The van der Waals surface area contributed by atoms with Crippen molar-refractivity contribution in [2.45, 2.75) is 62.9 Å². The van der Waals surface area contributed by atoms with Gasteiger partial charge in [0.25, 0.3) is 0 Å². The normalized spacial score (nSPS) is 16.8. The van der Waals surface area contributed by atoms with Gasteiger partial charge in [0.1, 0.15) is 11.6 Å². The Hall–Kier alpha value is -2.69. The van der Waals surface area contributed by atoms with Crippen LogP contribution >= 0.6 is 0 Å². The summed E-state index contributed by atoms with van der Waals surface area (Å²) in [5.74, 6) is -0.953. The second-order valence-electron chi connectivity index (χ2n) is 9.06. The van der Waals surface area contributed by atoms with E-state index >= 15 is 0 Å². The minimum absolute atomic E-state index is 0.00782. The molecule has 7 nitrogen and oxygen atoms in total. The van der Waals surface area contributed by atoms with E-state index in [1.807, 2.05) is 42.2 Å². The molecule has 36 heavy (non-hydrogen) atoms. The lowest BCUT2D eigenvalue weighted by Gasteiger charge is -2.37. The van der Waals surface area contributed by atoms with E-state index < -0.39 is 28.0 Å². The molecule has 0 aliphatic carbocycles. The SMILES string of the molecule is CC[C@@H](CC[C@H](c1ccccc1)S(=O)O)NCc1cc(F)c(N2CCC(N(C=N)C=N)CC2)cc1F. The van der Waals surface area contributed by atoms with E-state index in [2.05, 4.69) is 5.32 Å². The van der Waals surface area contributed by atoms with Crippen LogP contribution in [0.4, 0.5) is 14.5 Å². The number of halogens is 2. The Balaban J connectivity index is 1.58. The average Bonchev–Trinajstić information content (AvgIpc) is 2.89. The number of rotatable bonds is 13. The van der Waals surface area contributed by atoms with Crippen LogP contribution in [0.1, 0.15) is 55.4 Å². The van der Waals surface area contributed by atoms with E-state index in [-0.39, 0.29) is 29.9 Å². The first-order valence-corrected chi connectivity index (χ1v) is 13.4. The molecule has 0 bridgehead atoms. The van der Waals surface area contributed by atoms with E-state index in [1.54, 1.807) is 0 Å². The van der Waals surface area contributed by atoms with Gasteiger partial charge in [-0.3, -0.25) is 10.8 Å². The van der Waals surface area contributed by atoms with Crippen LogP contribution in [0.5, 0.6) is 0 Å². The zero-order valence-corrected chi connectivity index (χ0v) is 21.3. The highest BCUT2D eigenvalue weighted by Crippen LogP contribution is 2.28. The summed E-state index contributed by atoms with van der Waals surface area (Å²) < 4.78 is 51.5. The number of hydrogen-bond acceptors (Lipinski definition) is 5. The smallest absolute Gasteiger partial charge is 0.160 e. The van der Waals surface area contributed by atoms with Gasteiger partial charge in [0, 0.05) is 43.3 Å². The molecule has 1 heterocycles. The van der Waals surface area contributed by atoms with Gasteiger partial charge in [-0.25, -0.2) is 13.0 Å². The third-order valence-electron chi connectivity index (χ3n) is 6.91. The Morgan fingerprint density at radius 3 is 2.39 bits per heavy atom. The van der Waals surface area contributed by atoms with Gasteiger partial charge in [0.15, 0.2) is 11.1 Å². The van der Waals surface area contributed by atoms with Crippen molar-refractivity contribution in [1.29, 1.82) is 10.8 Å². The van der Waals surface area contributed by atoms with E-state index in [9.17, 15) is 17.5 Å². The quantitative estimate of drug-likeness (QED) is 0.168. The van der Waals surface area contributed by atoms with Crippen molar-refractivity contribution in [3.63, 3.8) is 0 Å². The molecule has 3 atom stereocenters. The lowest BCUT2D eigenvalue weighted by Crippen LogP contribution is -2.44. The third kappa shape index (κ3) is 7.18. The summed E-state index contributed by atoms with van der Waals surface area (Å²) >= 11 is -2.00. The number of nitrogens with zero attached hydrogens (tertiary/aromatic N) is 2. The van der Waals surface area contributed by atoms with E-state index in [0.29, 0.717) is 38.8 Å². The molecule has 1 fully saturated rings. The Morgan fingerprint density at radius 1 is 1.14 bits per heavy atom. The summed E-state index contributed by atoms with van der Waals surface area (Å²) in [6.45, 7) is 3.19. The van der Waals surface area contributed by atoms with Crippen molar-refractivity contribution in [1.82, 2.24) is 10.2 Å². The average molecular weight is 520 g/mol. The predicted octanol–water partition coefficient (Wildman–Crippen LogP) is 5.06. The zero-order chi connectivity index (χ0) is 26.1. The molecule has 196 valence electrons. The van der Waals surface area contributed by atoms with Crippen LogP contribution in [0.15, 0.2) is 42.5 Å². The second kappa shape index (κ2) is 13.6. The molecule has 10 heteroatoms. The fourth-order valence-corrected chi connectivity index (χ4v) is 5.44. The van der Waals surface area contributed by atoms with Crippen molar-refractivity contribution >= 4 is 29.4 Å². The lowest BCUT2D eigenvalue weighted by molar-refractivity contribution is 0.363. The van der Waals surface area contributed by atoms with Gasteiger partial charge in [0.2, 0.25) is 0 Å². The van der Waals surface area contributed by atoms with Crippen LogP contribution in [0.2, 0.25) is 0 Å². The highest BCUT2D eigenvalue weighted by molar-refractivity contribution is 7.79. The van der Waals surface area contributed by atoms with Crippen molar-refractivity contribution in [2.24, 2.45) is 0 Å². The van der Waals surface area contributed by atoms with E-state index in [1.165, 1.54) is 17.0 Å². The Bertz CT molecular complexity index is 1030. The number of hydrogen-bond donors (Lipinski definition) is 4. The van der Waals surface area contributed by atoms with Crippen LogP contribution in [-0.2, 0) is 17.6 Å². The van der Waals surface area contributed by atoms with E-state index in [0.717, 1.165) is 24.7 Å². The molecule has 3 rings (SSSR count). The first-order valence-electron chi connectivity index (χ1n) is 12.3. The van der Waals surface area contributed by atoms with E-state index in [4.69, 9.17) is 10.8 Å². The molecule has 2 aromatic rings. The first-order chi connectivity index (χ1) is 17.4. The summed E-state index contributed by atoms with van der Waals surface area (Å²) in [5, 5.41) is 17.5. The van der Waals surface area contributed by atoms with Crippen molar-refractivity contribution < 1.29 is 17.5 Å². The second-order valence-corrected chi connectivity index (χ2v) is 10.2. The van der Waals surface area contributed by atoms with Gasteiger partial charge >= 0.3 is 0 Å². The molecule has 0 saturated carbocycles. The standard InChI is InChI=1S/C26H35F2N5O2S/c1-2-21(8-9-26(36(34)35)19-6-4-3-5-7-19)31-16-20-14-24(28)25(15-23(20)27)32-12-10-22(11-13-32)33(17-29)18-30/h3-7,14-15,17-18,21-22,26,29-31H,2,8-13,16H2,1H3,(H,34,35)/t21-,26+/m0/s1. The number of anilines is 1. The van der Waals surface area contributed by atoms with Crippen LogP contribution in [0.3, 0.4) is 0 Å². The maximum atomic E-state index is 15.0. The number of piperidine rings is 1. The monoisotopic (exact) mass is 519 g/mol. The van der Waals surface area contributed by atoms with Gasteiger partial charge in [-0.15, -0.1) is 0 Å². The molecule has 2 aromatic carbocycles. The van der Waals surface area contributed by atoms with Crippen molar-refractivity contribution in [3.8, 4) is 0 Å². The number of benzene rings is 2. The summed E-state index contributed by atoms with van der Waals surface area (Å²) in [4.78, 5) is 3.33. The van der Waals surface area contributed by atoms with Gasteiger partial charge in [-0.05, 0) is 43.7 Å². The third-order valence-corrected chi connectivity index (χ3v) is 7.90. The molecule has 1 aliphatic heterocycles. The minimum Gasteiger partial charge on any atom is -0.369 e. The largest absolute Gasteiger partial charge is 0.369 e. The molecule has 1 aliphatic rings. The summed E-state index contributed by atoms with van der Waals surface area (Å²) in [5.41, 5.74) is 1.28. The van der Waals surface area contributed by atoms with Crippen LogP contribution in [-0.4, -0.2) is 51.5 Å². The van der Waals surface area contributed by atoms with Gasteiger partial charge in [0.05, 0.1) is 23.6 Å². The molecule has 0 radical (unpaired) electrons. The molecule has 1 unspecified atom stereocenters. The van der Waals surface area contributed by atoms with Crippen LogP contribution < -0.4 is 10.2 Å². The molecule has 0 amide bonds. The topological polar surface area (TPSA) is 104 Å². The molecular formula is C26H35F2N5O2S.